The van der Waals surface area contributed by atoms with Crippen LogP contribution in [0.4, 0.5) is 16.2 Å². The van der Waals surface area contributed by atoms with Gasteiger partial charge >= 0.3 is 6.03 Å². The van der Waals surface area contributed by atoms with Crippen molar-refractivity contribution in [2.45, 2.75) is 40.2 Å². The summed E-state index contributed by atoms with van der Waals surface area (Å²) < 4.78 is 0. The Morgan fingerprint density at radius 2 is 1.18 bits per heavy atom. The minimum absolute atomic E-state index is 0.125. The van der Waals surface area contributed by atoms with Crippen LogP contribution in [0.15, 0.2) is 48.5 Å². The van der Waals surface area contributed by atoms with Crippen LogP contribution in [-0.2, 0) is 0 Å². The van der Waals surface area contributed by atoms with Gasteiger partial charge in [-0.15, -0.1) is 0 Å². The van der Waals surface area contributed by atoms with Crippen molar-refractivity contribution < 1.29 is 4.79 Å². The van der Waals surface area contributed by atoms with Gasteiger partial charge in [0.25, 0.3) is 0 Å². The molecule has 3 nitrogen and oxygen atoms in total. The molecule has 22 heavy (non-hydrogen) atoms. The SMILES string of the molecule is Cc1ccc(N(C(=O)NC(C)(C)C)c2ccc(C)cc2)cc1. The first-order chi connectivity index (χ1) is 10.3. The number of hydrogen-bond donors (Lipinski definition) is 1. The fourth-order valence-electron chi connectivity index (χ4n) is 2.15. The van der Waals surface area contributed by atoms with E-state index in [2.05, 4.69) is 5.32 Å². The second-order valence-electron chi connectivity index (χ2n) is 6.69. The highest BCUT2D eigenvalue weighted by Gasteiger charge is 2.22. The van der Waals surface area contributed by atoms with Crippen molar-refractivity contribution in [2.24, 2.45) is 0 Å². The van der Waals surface area contributed by atoms with E-state index in [0.717, 1.165) is 11.4 Å². The van der Waals surface area contributed by atoms with Crippen LogP contribution in [0.2, 0.25) is 0 Å². The van der Waals surface area contributed by atoms with Crippen molar-refractivity contribution >= 4 is 17.4 Å². The Kier molecular flexibility index (Phi) is 4.55. The van der Waals surface area contributed by atoms with Gasteiger partial charge in [0, 0.05) is 5.54 Å². The Balaban J connectivity index is 2.42. The topological polar surface area (TPSA) is 32.3 Å². The summed E-state index contributed by atoms with van der Waals surface area (Å²) in [5, 5.41) is 3.03. The molecular weight excluding hydrogens is 272 g/mol. The van der Waals surface area contributed by atoms with E-state index in [4.69, 9.17) is 0 Å². The van der Waals surface area contributed by atoms with Crippen LogP contribution in [0.3, 0.4) is 0 Å². The molecule has 116 valence electrons. The Hall–Kier alpha value is -2.29. The molecule has 0 saturated carbocycles. The van der Waals surface area contributed by atoms with Crippen LogP contribution in [0.25, 0.3) is 0 Å². The quantitative estimate of drug-likeness (QED) is 0.835. The molecular formula is C19H24N2O. The number of hydrogen-bond acceptors (Lipinski definition) is 1. The van der Waals surface area contributed by atoms with E-state index in [1.807, 2.05) is 83.1 Å². The van der Waals surface area contributed by atoms with E-state index in [1.54, 1.807) is 4.90 Å². The molecule has 0 aliphatic carbocycles. The molecule has 2 aromatic carbocycles. The molecule has 0 saturated heterocycles. The maximum atomic E-state index is 12.7. The first-order valence-electron chi connectivity index (χ1n) is 7.52. The third-order valence-electron chi connectivity index (χ3n) is 3.27. The number of aryl methyl sites for hydroxylation is 2. The van der Waals surface area contributed by atoms with Gasteiger partial charge < -0.3 is 5.32 Å². The van der Waals surface area contributed by atoms with Crippen molar-refractivity contribution in [1.29, 1.82) is 0 Å². The molecule has 1 N–H and O–H groups in total. The smallest absolute Gasteiger partial charge is 0.326 e. The number of anilines is 2. The maximum Gasteiger partial charge on any atom is 0.326 e. The number of urea groups is 1. The maximum absolute atomic E-state index is 12.7. The second-order valence-corrected chi connectivity index (χ2v) is 6.69. The van der Waals surface area contributed by atoms with Gasteiger partial charge in [0.05, 0.1) is 11.4 Å². The number of carbonyl (C=O) groups excluding carboxylic acids is 1. The third kappa shape index (κ3) is 4.10. The van der Waals surface area contributed by atoms with Crippen LogP contribution in [0.5, 0.6) is 0 Å². The molecule has 0 bridgehead atoms. The highest BCUT2D eigenvalue weighted by molar-refractivity contribution is 5.99. The monoisotopic (exact) mass is 296 g/mol. The van der Waals surface area contributed by atoms with Gasteiger partial charge in [-0.3, -0.25) is 4.90 Å². The van der Waals surface area contributed by atoms with Gasteiger partial charge in [-0.05, 0) is 58.9 Å². The summed E-state index contributed by atoms with van der Waals surface area (Å²) in [6.45, 7) is 10.0. The van der Waals surface area contributed by atoms with E-state index in [0.29, 0.717) is 0 Å². The Labute approximate surface area is 133 Å². The Morgan fingerprint density at radius 3 is 1.50 bits per heavy atom. The van der Waals surface area contributed by atoms with Crippen molar-refractivity contribution in [3.8, 4) is 0 Å². The van der Waals surface area contributed by atoms with E-state index in [1.165, 1.54) is 11.1 Å². The van der Waals surface area contributed by atoms with E-state index >= 15 is 0 Å². The molecule has 2 amide bonds. The molecule has 3 heteroatoms. The molecule has 0 atom stereocenters. The van der Waals surface area contributed by atoms with Crippen LogP contribution in [-0.4, -0.2) is 11.6 Å². The lowest BCUT2D eigenvalue weighted by molar-refractivity contribution is 0.240. The number of rotatable bonds is 2. The molecule has 0 aliphatic rings. The molecule has 2 rings (SSSR count). The van der Waals surface area contributed by atoms with E-state index in [-0.39, 0.29) is 11.6 Å². The molecule has 0 aliphatic heterocycles. The van der Waals surface area contributed by atoms with Crippen LogP contribution >= 0.6 is 0 Å². The Bertz CT molecular complexity index is 591. The molecule has 0 fully saturated rings. The lowest BCUT2D eigenvalue weighted by Crippen LogP contribution is -2.47. The summed E-state index contributed by atoms with van der Waals surface area (Å²) in [7, 11) is 0. The number of benzene rings is 2. The minimum atomic E-state index is -0.287. The Morgan fingerprint density at radius 1 is 0.818 bits per heavy atom. The van der Waals surface area contributed by atoms with Crippen LogP contribution in [0.1, 0.15) is 31.9 Å². The normalized spacial score (nSPS) is 11.1. The lowest BCUT2D eigenvalue weighted by atomic mass is 10.1. The summed E-state index contributed by atoms with van der Waals surface area (Å²) in [6, 6.07) is 15.8. The van der Waals surface area contributed by atoms with Gasteiger partial charge in [0.15, 0.2) is 0 Å². The summed E-state index contributed by atoms with van der Waals surface area (Å²) >= 11 is 0. The van der Waals surface area contributed by atoms with Crippen molar-refractivity contribution in [2.75, 3.05) is 4.90 Å². The fraction of sp³-hybridized carbons (Fsp3) is 0.316. The van der Waals surface area contributed by atoms with Gasteiger partial charge in [-0.1, -0.05) is 35.4 Å². The summed E-state index contributed by atoms with van der Waals surface area (Å²) in [5.74, 6) is 0. The van der Waals surface area contributed by atoms with Gasteiger partial charge in [0.2, 0.25) is 0 Å². The third-order valence-corrected chi connectivity index (χ3v) is 3.27. The molecule has 0 aromatic heterocycles. The predicted octanol–water partition coefficient (Wildman–Crippen LogP) is 4.95. The molecule has 0 heterocycles. The zero-order chi connectivity index (χ0) is 16.3. The summed E-state index contributed by atoms with van der Waals surface area (Å²) in [5.41, 5.74) is 3.77. The minimum Gasteiger partial charge on any atom is -0.333 e. The zero-order valence-electron chi connectivity index (χ0n) is 14.0. The number of amides is 2. The van der Waals surface area contributed by atoms with Gasteiger partial charge in [-0.25, -0.2) is 4.79 Å². The summed E-state index contributed by atoms with van der Waals surface area (Å²) in [4.78, 5) is 14.5. The first-order valence-corrected chi connectivity index (χ1v) is 7.52. The van der Waals surface area contributed by atoms with Crippen molar-refractivity contribution in [3.05, 3.63) is 59.7 Å². The second kappa shape index (κ2) is 6.22. The average molecular weight is 296 g/mol. The van der Waals surface area contributed by atoms with Crippen LogP contribution in [0, 0.1) is 13.8 Å². The van der Waals surface area contributed by atoms with Gasteiger partial charge in [0.1, 0.15) is 0 Å². The standard InChI is InChI=1S/C19H24N2O/c1-14-6-10-16(11-7-14)21(18(22)20-19(3,4)5)17-12-8-15(2)9-13-17/h6-13H,1-5H3,(H,20,22). The van der Waals surface area contributed by atoms with E-state index < -0.39 is 0 Å². The zero-order valence-corrected chi connectivity index (χ0v) is 14.0. The highest BCUT2D eigenvalue weighted by Crippen LogP contribution is 2.26. The number of nitrogens with zero attached hydrogens (tertiary/aromatic N) is 1. The molecule has 2 aromatic rings. The van der Waals surface area contributed by atoms with Gasteiger partial charge in [-0.2, -0.15) is 0 Å². The number of nitrogens with one attached hydrogen (secondary N) is 1. The van der Waals surface area contributed by atoms with Crippen molar-refractivity contribution in [1.82, 2.24) is 5.32 Å². The fourth-order valence-corrected chi connectivity index (χ4v) is 2.15. The molecule has 0 radical (unpaired) electrons. The number of carbonyl (C=O) groups is 1. The highest BCUT2D eigenvalue weighted by atomic mass is 16.2. The van der Waals surface area contributed by atoms with E-state index in [9.17, 15) is 4.79 Å². The molecule has 0 unspecified atom stereocenters. The predicted molar refractivity (Wildman–Crippen MR) is 92.8 cm³/mol. The van der Waals surface area contributed by atoms with Crippen molar-refractivity contribution in [3.63, 3.8) is 0 Å². The lowest BCUT2D eigenvalue weighted by Gasteiger charge is -2.28. The first kappa shape index (κ1) is 16.1. The summed E-state index contributed by atoms with van der Waals surface area (Å²) in [6.07, 6.45) is 0. The average Bonchev–Trinajstić information content (AvgIpc) is 2.41. The van der Waals surface area contributed by atoms with Crippen LogP contribution < -0.4 is 10.2 Å². The largest absolute Gasteiger partial charge is 0.333 e. The molecule has 0 spiro atoms.